The molecule has 4 rings (SSSR count). The van der Waals surface area contributed by atoms with Gasteiger partial charge in [0.15, 0.2) is 5.65 Å². The van der Waals surface area contributed by atoms with Gasteiger partial charge in [0, 0.05) is 17.8 Å². The van der Waals surface area contributed by atoms with Crippen LogP contribution in [0.3, 0.4) is 0 Å². The smallest absolute Gasteiger partial charge is 0.155 e. The summed E-state index contributed by atoms with van der Waals surface area (Å²) in [6, 6.07) is 9.86. The first kappa shape index (κ1) is 27.6. The number of fused-ring (bicyclic) bond motifs is 1. The summed E-state index contributed by atoms with van der Waals surface area (Å²) in [5.41, 5.74) is 8.16. The van der Waals surface area contributed by atoms with Crippen LogP contribution in [0.25, 0.3) is 17.0 Å². The zero-order chi connectivity index (χ0) is 26.3. The number of hydrogen-bond donors (Lipinski definition) is 2. The molecule has 0 fully saturated rings. The Morgan fingerprint density at radius 3 is 2.56 bits per heavy atom. The van der Waals surface area contributed by atoms with Gasteiger partial charge in [-0.05, 0) is 65.5 Å². The van der Waals surface area contributed by atoms with Crippen LogP contribution in [-0.2, 0) is 13.3 Å². The van der Waals surface area contributed by atoms with Gasteiger partial charge in [0.05, 0.1) is 24.2 Å². The zero-order valence-electron chi connectivity index (χ0n) is 20.3. The molecule has 4 heterocycles. The third-order valence-electron chi connectivity index (χ3n) is 5.08. The summed E-state index contributed by atoms with van der Waals surface area (Å²) in [5.74, 6) is 0.395. The van der Waals surface area contributed by atoms with Crippen molar-refractivity contribution >= 4 is 21.6 Å². The highest BCUT2D eigenvalue weighted by atomic mass is 79.9. The number of ether oxygens (including phenoxy) is 1. The van der Waals surface area contributed by atoms with E-state index in [2.05, 4.69) is 49.8 Å². The van der Waals surface area contributed by atoms with Gasteiger partial charge in [-0.1, -0.05) is 13.8 Å². The van der Waals surface area contributed by atoms with Gasteiger partial charge in [-0.15, -0.1) is 0 Å². The Bertz CT molecular complexity index is 1300. The molecule has 4 aromatic rings. The number of aliphatic hydroxyl groups excluding tert-OH is 1. The second-order valence-corrected chi connectivity index (χ2v) is 9.78. The number of hydrogen-bond acceptors (Lipinski definition) is 7. The molecule has 0 aliphatic carbocycles. The molecule has 3 N–H and O–H groups in total. The molecule has 0 aromatic carbocycles. The predicted octanol–water partition coefficient (Wildman–Crippen LogP) is 4.88. The Labute approximate surface area is 216 Å². The van der Waals surface area contributed by atoms with Crippen LogP contribution in [0.5, 0.6) is 5.75 Å². The van der Waals surface area contributed by atoms with Gasteiger partial charge in [-0.3, -0.25) is 0 Å². The van der Waals surface area contributed by atoms with Gasteiger partial charge in [-0.25, -0.2) is 28.2 Å². The van der Waals surface area contributed by atoms with Crippen LogP contribution in [0.4, 0.5) is 8.78 Å². The van der Waals surface area contributed by atoms with Crippen molar-refractivity contribution in [1.82, 2.24) is 24.6 Å². The Hall–Kier alpha value is -3.02. The van der Waals surface area contributed by atoms with Crippen molar-refractivity contribution < 1.29 is 18.6 Å². The number of nitrogens with zero attached hydrogens (tertiary/aromatic N) is 5. The molecule has 0 spiro atoms. The molecule has 1 atom stereocenters. The largest absolute Gasteiger partial charge is 0.490 e. The molecule has 0 aliphatic heterocycles. The number of aromatic nitrogens is 5. The van der Waals surface area contributed by atoms with Gasteiger partial charge in [0.2, 0.25) is 0 Å². The Balaban J connectivity index is 0.000000303. The molecule has 8 nitrogen and oxygen atoms in total. The molecule has 0 aliphatic rings. The lowest BCUT2D eigenvalue weighted by molar-refractivity contribution is 0.203. The molecular weight excluding hydrogens is 534 g/mol. The number of rotatable bonds is 8. The van der Waals surface area contributed by atoms with Gasteiger partial charge in [0.25, 0.3) is 0 Å². The molecule has 192 valence electrons. The monoisotopic (exact) mass is 562 g/mol. The lowest BCUT2D eigenvalue weighted by Gasteiger charge is -2.27. The summed E-state index contributed by atoms with van der Waals surface area (Å²) < 4.78 is 34.1. The van der Waals surface area contributed by atoms with Crippen molar-refractivity contribution in [2.24, 2.45) is 11.7 Å². The van der Waals surface area contributed by atoms with Crippen molar-refractivity contribution in [2.45, 2.75) is 46.0 Å². The highest BCUT2D eigenvalue weighted by Crippen LogP contribution is 2.25. The van der Waals surface area contributed by atoms with Gasteiger partial charge in [-0.2, -0.15) is 5.10 Å². The molecule has 0 amide bonds. The van der Waals surface area contributed by atoms with E-state index in [1.807, 2.05) is 6.92 Å². The first-order valence-electron chi connectivity index (χ1n) is 11.3. The number of pyridine rings is 2. The average Bonchev–Trinajstić information content (AvgIpc) is 3.33. The second-order valence-electron chi connectivity index (χ2n) is 8.97. The van der Waals surface area contributed by atoms with Crippen LogP contribution in [0.2, 0.25) is 0 Å². The zero-order valence-corrected chi connectivity index (χ0v) is 21.9. The lowest BCUT2D eigenvalue weighted by atomic mass is 9.93. The van der Waals surface area contributed by atoms with E-state index in [4.69, 9.17) is 15.6 Å². The maximum absolute atomic E-state index is 13.6. The first-order valence-corrected chi connectivity index (χ1v) is 12.1. The van der Waals surface area contributed by atoms with E-state index in [9.17, 15) is 8.78 Å². The standard InChI is InChI=1S/C19H24FN5O.C6H5BrFNO/c1-13(2)10-19(3,21)12-26-17-5-4-14(24-15(17)11-20)16-6-8-22-18-7-9-23-25(16)18;7-6-2-1-4(8)5(3-10)9-6/h4-9,13H,10-12,21H2,1-3H3;1-2,10H,3H2/t19-;/m0./s1. The van der Waals surface area contributed by atoms with Crippen molar-refractivity contribution in [3.05, 3.63) is 70.6 Å². The van der Waals surface area contributed by atoms with E-state index in [1.165, 1.54) is 12.1 Å². The molecule has 0 bridgehead atoms. The minimum absolute atomic E-state index is 0.0642. The van der Waals surface area contributed by atoms with Crippen LogP contribution in [-0.4, -0.2) is 41.8 Å². The Morgan fingerprint density at radius 1 is 1.11 bits per heavy atom. The number of aliphatic hydroxyl groups is 1. The Morgan fingerprint density at radius 2 is 1.89 bits per heavy atom. The summed E-state index contributed by atoms with van der Waals surface area (Å²) in [7, 11) is 0. The Kier molecular flexibility index (Phi) is 9.41. The van der Waals surface area contributed by atoms with E-state index < -0.39 is 18.0 Å². The number of nitrogens with two attached hydrogens (primary N) is 1. The van der Waals surface area contributed by atoms with E-state index in [-0.39, 0.29) is 18.0 Å². The molecule has 11 heteroatoms. The van der Waals surface area contributed by atoms with Crippen LogP contribution in [0, 0.1) is 11.7 Å². The molecule has 0 unspecified atom stereocenters. The molecule has 0 radical (unpaired) electrons. The van der Waals surface area contributed by atoms with Gasteiger partial charge in [0.1, 0.15) is 40.8 Å². The molecular formula is C25H29BrF2N6O2. The quantitative estimate of drug-likeness (QED) is 0.294. The lowest BCUT2D eigenvalue weighted by Crippen LogP contribution is -2.43. The normalized spacial score (nSPS) is 12.8. The summed E-state index contributed by atoms with van der Waals surface area (Å²) in [6.07, 6.45) is 4.16. The van der Waals surface area contributed by atoms with E-state index >= 15 is 0 Å². The van der Waals surface area contributed by atoms with Crippen molar-refractivity contribution in [1.29, 1.82) is 0 Å². The SMILES string of the molecule is CC(C)C[C@](C)(N)COc1ccc(-c2ccnc3ccnn23)nc1CF.OCc1nc(Br)ccc1F. The fraction of sp³-hybridized carbons (Fsp3) is 0.360. The maximum atomic E-state index is 13.6. The first-order chi connectivity index (χ1) is 17.1. The van der Waals surface area contributed by atoms with Crippen molar-refractivity contribution in [2.75, 3.05) is 6.61 Å². The molecule has 4 aromatic heterocycles. The van der Waals surface area contributed by atoms with Gasteiger partial charge >= 0.3 is 0 Å². The van der Waals surface area contributed by atoms with Crippen LogP contribution in [0.15, 0.2) is 53.4 Å². The third kappa shape index (κ3) is 7.25. The minimum Gasteiger partial charge on any atom is -0.490 e. The van der Waals surface area contributed by atoms with Crippen LogP contribution in [0.1, 0.15) is 38.6 Å². The summed E-state index contributed by atoms with van der Waals surface area (Å²) in [5, 5.41) is 12.8. The molecule has 0 saturated carbocycles. The highest BCUT2D eigenvalue weighted by molar-refractivity contribution is 9.10. The summed E-state index contributed by atoms with van der Waals surface area (Å²) in [6.45, 7) is 5.37. The van der Waals surface area contributed by atoms with Crippen molar-refractivity contribution in [3.8, 4) is 17.1 Å². The summed E-state index contributed by atoms with van der Waals surface area (Å²) in [4.78, 5) is 12.3. The fourth-order valence-corrected chi connectivity index (χ4v) is 4.04. The third-order valence-corrected chi connectivity index (χ3v) is 5.52. The molecule has 36 heavy (non-hydrogen) atoms. The van der Waals surface area contributed by atoms with Crippen LogP contribution >= 0.6 is 15.9 Å². The summed E-state index contributed by atoms with van der Waals surface area (Å²) >= 11 is 3.05. The predicted molar refractivity (Wildman–Crippen MR) is 136 cm³/mol. The van der Waals surface area contributed by atoms with Crippen molar-refractivity contribution in [3.63, 3.8) is 0 Å². The van der Waals surface area contributed by atoms with E-state index in [0.29, 0.717) is 34.2 Å². The maximum Gasteiger partial charge on any atom is 0.155 e. The number of halogens is 3. The number of alkyl halides is 1. The average molecular weight is 563 g/mol. The second kappa shape index (κ2) is 12.3. The van der Waals surface area contributed by atoms with E-state index in [1.54, 1.807) is 41.2 Å². The van der Waals surface area contributed by atoms with Crippen LogP contribution < -0.4 is 10.5 Å². The topological polar surface area (TPSA) is 111 Å². The van der Waals surface area contributed by atoms with E-state index in [0.717, 1.165) is 12.1 Å². The molecule has 0 saturated heterocycles. The minimum atomic E-state index is -0.720. The van der Waals surface area contributed by atoms with Gasteiger partial charge < -0.3 is 15.6 Å². The highest BCUT2D eigenvalue weighted by Gasteiger charge is 2.22. The fourth-order valence-electron chi connectivity index (χ4n) is 3.69.